The second-order valence-corrected chi connectivity index (χ2v) is 5.84. The lowest BCUT2D eigenvalue weighted by Crippen LogP contribution is -2.15. The van der Waals surface area contributed by atoms with Crippen molar-refractivity contribution in [2.75, 3.05) is 0 Å². The molecule has 1 aliphatic heterocycles. The molecule has 0 unspecified atom stereocenters. The largest absolute Gasteiger partial charge is 0.507 e. The molecule has 1 aliphatic rings. The highest BCUT2D eigenvalue weighted by molar-refractivity contribution is 5.93. The molecule has 122 valence electrons. The van der Waals surface area contributed by atoms with E-state index in [1.54, 1.807) is 19.1 Å². The molecule has 0 spiro atoms. The Morgan fingerprint density at radius 2 is 1.79 bits per heavy atom. The fourth-order valence-electron chi connectivity index (χ4n) is 3.10. The second kappa shape index (κ2) is 4.67. The molecule has 3 aromatic rings. The third-order valence-electron chi connectivity index (χ3n) is 4.44. The first kappa shape index (κ1) is 14.4. The van der Waals surface area contributed by atoms with Gasteiger partial charge in [-0.25, -0.2) is 0 Å². The van der Waals surface area contributed by atoms with Crippen molar-refractivity contribution in [3.8, 4) is 34.3 Å². The summed E-state index contributed by atoms with van der Waals surface area (Å²) >= 11 is 0. The summed E-state index contributed by atoms with van der Waals surface area (Å²) in [7, 11) is 0. The van der Waals surface area contributed by atoms with Crippen LogP contribution < -0.4 is 10.2 Å². The Morgan fingerprint density at radius 3 is 2.54 bits per heavy atom. The second-order valence-electron chi connectivity index (χ2n) is 5.84. The van der Waals surface area contributed by atoms with Gasteiger partial charge in [-0.3, -0.25) is 4.79 Å². The van der Waals surface area contributed by atoms with Gasteiger partial charge in [0.1, 0.15) is 34.8 Å². The zero-order chi connectivity index (χ0) is 17.2. The fraction of sp³-hybridized carbons (Fsp3) is 0.167. The van der Waals surface area contributed by atoms with Crippen molar-refractivity contribution in [2.24, 2.45) is 0 Å². The normalized spacial score (nSPS) is 12.6. The van der Waals surface area contributed by atoms with E-state index in [4.69, 9.17) is 9.15 Å². The van der Waals surface area contributed by atoms with E-state index >= 15 is 0 Å². The standard InChI is InChI=1S/C18H14O6/c1-7-13(20)8(2)16-12(14(7)21)15(22)18-17(24-16)11-9(6-23-18)4-3-5-10(11)19/h3-5,19-21H,6H2,1-2H3. The lowest BCUT2D eigenvalue weighted by Gasteiger charge is -2.21. The minimum absolute atomic E-state index is 0.0299. The molecule has 0 amide bonds. The van der Waals surface area contributed by atoms with E-state index in [9.17, 15) is 20.1 Å². The van der Waals surface area contributed by atoms with Crippen LogP contribution in [0.2, 0.25) is 0 Å². The zero-order valence-corrected chi connectivity index (χ0v) is 13.0. The maximum absolute atomic E-state index is 12.8. The SMILES string of the molecule is Cc1c(O)c(C)c2oc3c(c(=O)c2c1O)OCc1cccc(O)c1-3. The molecule has 0 atom stereocenters. The molecule has 0 saturated carbocycles. The van der Waals surface area contributed by atoms with Crippen molar-refractivity contribution in [1.82, 2.24) is 0 Å². The van der Waals surface area contributed by atoms with Gasteiger partial charge in [-0.15, -0.1) is 0 Å². The smallest absolute Gasteiger partial charge is 0.239 e. The number of phenolic OH excluding ortho intramolecular Hbond substituents is 3. The quantitative estimate of drug-likeness (QED) is 0.587. The van der Waals surface area contributed by atoms with Gasteiger partial charge in [-0.05, 0) is 19.9 Å². The van der Waals surface area contributed by atoms with Crippen LogP contribution in [-0.4, -0.2) is 15.3 Å². The summed E-state index contributed by atoms with van der Waals surface area (Å²) in [5, 5.41) is 30.5. The first-order valence-electron chi connectivity index (χ1n) is 7.37. The van der Waals surface area contributed by atoms with Gasteiger partial charge in [-0.1, -0.05) is 12.1 Å². The molecule has 6 nitrogen and oxygen atoms in total. The molecule has 0 aliphatic carbocycles. The minimum Gasteiger partial charge on any atom is -0.507 e. The Kier molecular flexibility index (Phi) is 2.81. The van der Waals surface area contributed by atoms with Crippen LogP contribution in [0.15, 0.2) is 27.4 Å². The summed E-state index contributed by atoms with van der Waals surface area (Å²) in [6.07, 6.45) is 0. The van der Waals surface area contributed by atoms with Crippen molar-refractivity contribution >= 4 is 11.0 Å². The van der Waals surface area contributed by atoms with E-state index in [-0.39, 0.29) is 51.9 Å². The molecule has 2 aromatic carbocycles. The van der Waals surface area contributed by atoms with Gasteiger partial charge in [0.15, 0.2) is 5.76 Å². The van der Waals surface area contributed by atoms with Crippen LogP contribution in [0, 0.1) is 13.8 Å². The number of aryl methyl sites for hydroxylation is 1. The topological polar surface area (TPSA) is 100 Å². The predicted molar refractivity (Wildman–Crippen MR) is 86.7 cm³/mol. The Labute approximate surface area is 136 Å². The first-order chi connectivity index (χ1) is 11.4. The van der Waals surface area contributed by atoms with Crippen molar-refractivity contribution < 1.29 is 24.5 Å². The monoisotopic (exact) mass is 326 g/mol. The number of hydrogen-bond acceptors (Lipinski definition) is 6. The zero-order valence-electron chi connectivity index (χ0n) is 13.0. The van der Waals surface area contributed by atoms with Crippen LogP contribution in [-0.2, 0) is 6.61 Å². The van der Waals surface area contributed by atoms with Crippen LogP contribution in [0.25, 0.3) is 22.3 Å². The van der Waals surface area contributed by atoms with Gasteiger partial charge in [-0.2, -0.15) is 0 Å². The van der Waals surface area contributed by atoms with Gasteiger partial charge in [0, 0.05) is 16.7 Å². The van der Waals surface area contributed by atoms with E-state index in [0.29, 0.717) is 16.7 Å². The Bertz CT molecular complexity index is 1080. The number of aromatic hydroxyl groups is 3. The molecule has 0 fully saturated rings. The van der Waals surface area contributed by atoms with Gasteiger partial charge >= 0.3 is 0 Å². The molecule has 24 heavy (non-hydrogen) atoms. The number of ether oxygens (including phenoxy) is 1. The lowest BCUT2D eigenvalue weighted by molar-refractivity contribution is 0.288. The van der Waals surface area contributed by atoms with Crippen molar-refractivity contribution in [3.63, 3.8) is 0 Å². The summed E-state index contributed by atoms with van der Waals surface area (Å²) in [6.45, 7) is 3.22. The van der Waals surface area contributed by atoms with E-state index in [2.05, 4.69) is 0 Å². The minimum atomic E-state index is -0.538. The average Bonchev–Trinajstić information content (AvgIpc) is 2.57. The van der Waals surface area contributed by atoms with Crippen LogP contribution in [0.4, 0.5) is 0 Å². The first-order valence-corrected chi connectivity index (χ1v) is 7.37. The van der Waals surface area contributed by atoms with Crippen LogP contribution in [0.1, 0.15) is 16.7 Å². The highest BCUT2D eigenvalue weighted by Gasteiger charge is 2.29. The fourth-order valence-corrected chi connectivity index (χ4v) is 3.10. The number of phenols is 3. The maximum atomic E-state index is 12.8. The number of rotatable bonds is 0. The van der Waals surface area contributed by atoms with E-state index in [1.807, 2.05) is 0 Å². The molecule has 1 aromatic heterocycles. The maximum Gasteiger partial charge on any atom is 0.239 e. The predicted octanol–water partition coefficient (Wildman–Crippen LogP) is 3.09. The van der Waals surface area contributed by atoms with E-state index < -0.39 is 5.43 Å². The summed E-state index contributed by atoms with van der Waals surface area (Å²) in [4.78, 5) is 12.8. The van der Waals surface area contributed by atoms with Crippen LogP contribution in [0.5, 0.6) is 23.0 Å². The molecule has 6 heteroatoms. The highest BCUT2D eigenvalue weighted by atomic mass is 16.5. The van der Waals surface area contributed by atoms with Gasteiger partial charge in [0.25, 0.3) is 0 Å². The Hall–Kier alpha value is -3.15. The highest BCUT2D eigenvalue weighted by Crippen LogP contribution is 2.45. The average molecular weight is 326 g/mol. The van der Waals surface area contributed by atoms with E-state index in [0.717, 1.165) is 0 Å². The number of hydrogen-bond donors (Lipinski definition) is 3. The lowest BCUT2D eigenvalue weighted by atomic mass is 9.99. The van der Waals surface area contributed by atoms with Crippen LogP contribution in [0.3, 0.4) is 0 Å². The van der Waals surface area contributed by atoms with Crippen molar-refractivity contribution in [3.05, 3.63) is 45.1 Å². The molecule has 3 N–H and O–H groups in total. The summed E-state index contributed by atoms with van der Waals surface area (Å²) in [6, 6.07) is 4.93. The Morgan fingerprint density at radius 1 is 1.04 bits per heavy atom. The van der Waals surface area contributed by atoms with Crippen molar-refractivity contribution in [2.45, 2.75) is 20.5 Å². The van der Waals surface area contributed by atoms with Crippen LogP contribution >= 0.6 is 0 Å². The van der Waals surface area contributed by atoms with Gasteiger partial charge in [0.2, 0.25) is 11.2 Å². The molecular formula is C18H14O6. The molecule has 2 heterocycles. The van der Waals surface area contributed by atoms with Crippen molar-refractivity contribution in [1.29, 1.82) is 0 Å². The van der Waals surface area contributed by atoms with Gasteiger partial charge < -0.3 is 24.5 Å². The molecule has 0 bridgehead atoms. The van der Waals surface area contributed by atoms with Gasteiger partial charge in [0.05, 0.1) is 5.56 Å². The summed E-state index contributed by atoms with van der Waals surface area (Å²) < 4.78 is 11.3. The molecular weight excluding hydrogens is 312 g/mol. The number of benzene rings is 2. The third-order valence-corrected chi connectivity index (χ3v) is 4.44. The Balaban J connectivity index is 2.22. The molecule has 0 radical (unpaired) electrons. The number of fused-ring (bicyclic) bond motifs is 4. The summed E-state index contributed by atoms with van der Waals surface area (Å²) in [5.74, 6) is -0.472. The molecule has 4 rings (SSSR count). The third kappa shape index (κ3) is 1.68. The molecule has 0 saturated heterocycles. The summed E-state index contributed by atoms with van der Waals surface area (Å²) in [5.41, 5.74) is 1.14. The van der Waals surface area contributed by atoms with E-state index in [1.165, 1.54) is 13.0 Å².